The number of rotatable bonds is 6. The lowest BCUT2D eigenvalue weighted by Crippen LogP contribution is -2.17. The van der Waals surface area contributed by atoms with Crippen LogP contribution in [0.4, 0.5) is 13.2 Å². The van der Waals surface area contributed by atoms with Gasteiger partial charge in [0.05, 0.1) is 6.42 Å². The zero-order valence-corrected chi connectivity index (χ0v) is 20.5. The van der Waals surface area contributed by atoms with Crippen molar-refractivity contribution in [3.05, 3.63) is 70.4 Å². The fourth-order valence-corrected chi connectivity index (χ4v) is 6.49. The molecule has 0 amide bonds. The van der Waals surface area contributed by atoms with Crippen molar-refractivity contribution in [1.29, 1.82) is 0 Å². The van der Waals surface area contributed by atoms with Crippen LogP contribution >= 0.6 is 11.8 Å². The summed E-state index contributed by atoms with van der Waals surface area (Å²) in [6.07, 6.45) is -1.59. The number of carboxylic acids is 1. The number of hydrogen-bond acceptors (Lipinski definition) is 5. The first-order valence-electron chi connectivity index (χ1n) is 11.6. The summed E-state index contributed by atoms with van der Waals surface area (Å²) in [5.74, 6) is 0.134. The molecule has 5 nitrogen and oxygen atoms in total. The first-order chi connectivity index (χ1) is 17.1. The van der Waals surface area contributed by atoms with Gasteiger partial charge in [0.25, 0.3) is 0 Å². The van der Waals surface area contributed by atoms with Crippen LogP contribution in [-0.4, -0.2) is 28.2 Å². The van der Waals surface area contributed by atoms with Crippen molar-refractivity contribution >= 4 is 17.7 Å². The van der Waals surface area contributed by atoms with Crippen molar-refractivity contribution in [2.45, 2.75) is 56.4 Å². The van der Waals surface area contributed by atoms with Crippen molar-refractivity contribution in [2.75, 3.05) is 5.75 Å². The average Bonchev–Trinajstić information content (AvgIpc) is 3.36. The van der Waals surface area contributed by atoms with E-state index in [1.807, 2.05) is 24.3 Å². The number of carbonyl (C=O) groups is 1. The van der Waals surface area contributed by atoms with Gasteiger partial charge in [-0.1, -0.05) is 18.2 Å². The van der Waals surface area contributed by atoms with Crippen LogP contribution in [0.25, 0.3) is 11.1 Å². The van der Waals surface area contributed by atoms with Crippen LogP contribution < -0.4 is 9.47 Å². The first-order valence-corrected chi connectivity index (χ1v) is 12.6. The molecule has 0 saturated carbocycles. The van der Waals surface area contributed by atoms with E-state index in [9.17, 15) is 18.0 Å². The van der Waals surface area contributed by atoms with Crippen molar-refractivity contribution in [1.82, 2.24) is 4.98 Å². The lowest BCUT2D eigenvalue weighted by atomic mass is 9.90. The number of pyridine rings is 1. The number of aliphatic carboxylic acids is 1. The van der Waals surface area contributed by atoms with E-state index in [2.05, 4.69) is 9.72 Å². The normalized spacial score (nSPS) is 18.6. The van der Waals surface area contributed by atoms with E-state index in [0.717, 1.165) is 45.6 Å². The van der Waals surface area contributed by atoms with Crippen LogP contribution in [0.15, 0.2) is 47.5 Å². The number of thioether (sulfide) groups is 1. The summed E-state index contributed by atoms with van der Waals surface area (Å²) in [5, 5.41) is 9.13. The van der Waals surface area contributed by atoms with Crippen LogP contribution in [0.1, 0.15) is 52.7 Å². The van der Waals surface area contributed by atoms with E-state index in [-0.39, 0.29) is 24.2 Å². The Hall–Kier alpha value is -3.20. The van der Waals surface area contributed by atoms with Gasteiger partial charge in [0.2, 0.25) is 5.88 Å². The van der Waals surface area contributed by atoms with Crippen LogP contribution in [0, 0.1) is 13.8 Å². The number of ether oxygens (including phenoxy) is 2. The molecule has 188 valence electrons. The Bertz CT molecular complexity index is 1320. The molecule has 0 fully saturated rings. The van der Waals surface area contributed by atoms with Gasteiger partial charge < -0.3 is 14.6 Å². The maximum absolute atomic E-state index is 12.7. The van der Waals surface area contributed by atoms with E-state index in [0.29, 0.717) is 22.8 Å². The number of halogens is 3. The third-order valence-corrected chi connectivity index (χ3v) is 7.89. The van der Waals surface area contributed by atoms with E-state index in [1.54, 1.807) is 31.8 Å². The zero-order chi connectivity index (χ0) is 25.6. The summed E-state index contributed by atoms with van der Waals surface area (Å²) in [6.45, 7) is 3.58. The molecular weight excluding hydrogens is 491 g/mol. The van der Waals surface area contributed by atoms with Gasteiger partial charge in [-0.15, -0.1) is 24.9 Å². The zero-order valence-electron chi connectivity index (χ0n) is 19.7. The second-order valence-electron chi connectivity index (χ2n) is 9.16. The molecule has 2 unspecified atom stereocenters. The molecule has 9 heteroatoms. The molecule has 0 bridgehead atoms. The van der Waals surface area contributed by atoms with Crippen molar-refractivity contribution in [2.24, 2.45) is 0 Å². The maximum Gasteiger partial charge on any atom is 0.573 e. The molecule has 5 rings (SSSR count). The third kappa shape index (κ3) is 4.89. The second kappa shape index (κ2) is 9.35. The Morgan fingerprint density at radius 3 is 2.61 bits per heavy atom. The summed E-state index contributed by atoms with van der Waals surface area (Å²) >= 11 is 1.62. The predicted molar refractivity (Wildman–Crippen MR) is 130 cm³/mol. The molecule has 0 saturated heterocycles. The van der Waals surface area contributed by atoms with Gasteiger partial charge >= 0.3 is 12.3 Å². The highest BCUT2D eigenvalue weighted by molar-refractivity contribution is 7.99. The number of alkyl halides is 3. The highest BCUT2D eigenvalue weighted by Crippen LogP contribution is 2.45. The van der Waals surface area contributed by atoms with Gasteiger partial charge in [0, 0.05) is 28.8 Å². The first kappa shape index (κ1) is 24.5. The SMILES string of the molecule is Cc1cc(OC(F)(F)F)cc(C)c1-c1cccc2c1CCC2Oc1cc2c(cn1)C(CC(=O)O)CS2. The summed E-state index contributed by atoms with van der Waals surface area (Å²) in [5.41, 5.74) is 6.42. The molecule has 1 aromatic heterocycles. The average molecular weight is 516 g/mol. The Morgan fingerprint density at radius 2 is 1.92 bits per heavy atom. The summed E-state index contributed by atoms with van der Waals surface area (Å²) in [4.78, 5) is 16.6. The Balaban J connectivity index is 1.40. The van der Waals surface area contributed by atoms with E-state index in [4.69, 9.17) is 9.84 Å². The van der Waals surface area contributed by atoms with Crippen LogP contribution in [-0.2, 0) is 11.2 Å². The van der Waals surface area contributed by atoms with Gasteiger partial charge in [0.1, 0.15) is 11.9 Å². The molecule has 3 aromatic rings. The van der Waals surface area contributed by atoms with Crippen molar-refractivity contribution < 1.29 is 32.5 Å². The highest BCUT2D eigenvalue weighted by atomic mass is 32.2. The molecule has 2 heterocycles. The van der Waals surface area contributed by atoms with Gasteiger partial charge in [-0.25, -0.2) is 4.98 Å². The Morgan fingerprint density at radius 1 is 1.17 bits per heavy atom. The van der Waals surface area contributed by atoms with Gasteiger partial charge in [-0.3, -0.25) is 4.79 Å². The molecule has 0 radical (unpaired) electrons. The summed E-state index contributed by atoms with van der Waals surface area (Å²) in [7, 11) is 0. The lowest BCUT2D eigenvalue weighted by molar-refractivity contribution is -0.274. The molecule has 0 spiro atoms. The van der Waals surface area contributed by atoms with E-state index < -0.39 is 12.3 Å². The molecule has 1 aliphatic carbocycles. The molecular formula is C27H24F3NO4S. The third-order valence-electron chi connectivity index (χ3n) is 6.66. The number of carboxylic acid groups (broad SMARTS) is 1. The fourth-order valence-electron chi connectivity index (χ4n) is 5.25. The number of aryl methyl sites for hydroxylation is 2. The highest BCUT2D eigenvalue weighted by Gasteiger charge is 2.32. The predicted octanol–water partition coefficient (Wildman–Crippen LogP) is 6.99. The number of aromatic nitrogens is 1. The quantitative estimate of drug-likeness (QED) is 0.381. The molecule has 1 N–H and O–H groups in total. The number of nitrogens with zero attached hydrogens (tertiary/aromatic N) is 1. The Kier molecular flexibility index (Phi) is 6.36. The smallest absolute Gasteiger partial charge is 0.481 e. The van der Waals surface area contributed by atoms with Crippen molar-refractivity contribution in [3.63, 3.8) is 0 Å². The van der Waals surface area contributed by atoms with Crippen LogP contribution in [0.3, 0.4) is 0 Å². The maximum atomic E-state index is 12.7. The summed E-state index contributed by atoms with van der Waals surface area (Å²) in [6, 6.07) is 10.7. The van der Waals surface area contributed by atoms with Gasteiger partial charge in [-0.2, -0.15) is 0 Å². The monoisotopic (exact) mass is 515 g/mol. The standard InChI is InChI=1S/C27H24F3NO4S/c1-14-8-17(35-27(28,29)30)9-15(2)26(14)20-5-3-4-19-18(20)6-7-22(19)34-24-11-23-21(12-31-24)16(13-36-23)10-25(32)33/h3-5,8-9,11-12,16,22H,6-7,10,13H2,1-2H3,(H,32,33). The fraction of sp³-hybridized carbons (Fsp3) is 0.333. The second-order valence-corrected chi connectivity index (χ2v) is 10.2. The largest absolute Gasteiger partial charge is 0.573 e. The summed E-state index contributed by atoms with van der Waals surface area (Å²) < 4.78 is 48.5. The number of hydrogen-bond donors (Lipinski definition) is 1. The van der Waals surface area contributed by atoms with Gasteiger partial charge in [-0.05, 0) is 77.8 Å². The number of benzene rings is 2. The molecule has 2 aromatic carbocycles. The minimum atomic E-state index is -4.74. The minimum absolute atomic E-state index is 0.0433. The van der Waals surface area contributed by atoms with Crippen LogP contribution in [0.5, 0.6) is 11.6 Å². The van der Waals surface area contributed by atoms with Crippen molar-refractivity contribution in [3.8, 4) is 22.8 Å². The van der Waals surface area contributed by atoms with Crippen LogP contribution in [0.2, 0.25) is 0 Å². The number of fused-ring (bicyclic) bond motifs is 2. The molecule has 1 aliphatic heterocycles. The minimum Gasteiger partial charge on any atom is -0.481 e. The molecule has 2 atom stereocenters. The van der Waals surface area contributed by atoms with E-state index >= 15 is 0 Å². The molecule has 2 aliphatic rings. The van der Waals surface area contributed by atoms with E-state index in [1.165, 1.54) is 12.1 Å². The lowest BCUT2D eigenvalue weighted by Gasteiger charge is -2.18. The topological polar surface area (TPSA) is 68.7 Å². The molecule has 36 heavy (non-hydrogen) atoms. The Labute approximate surface area is 210 Å². The van der Waals surface area contributed by atoms with Gasteiger partial charge in [0.15, 0.2) is 0 Å².